The fourth-order valence-corrected chi connectivity index (χ4v) is 1.79. The summed E-state index contributed by atoms with van der Waals surface area (Å²) < 4.78 is 5.29. The first-order valence-electron chi connectivity index (χ1n) is 6.37. The fourth-order valence-electron chi connectivity index (χ4n) is 1.79. The van der Waals surface area contributed by atoms with Gasteiger partial charge in [-0.05, 0) is 37.1 Å². The summed E-state index contributed by atoms with van der Waals surface area (Å²) in [5, 5.41) is 3.25. The van der Waals surface area contributed by atoms with E-state index in [2.05, 4.69) is 19.2 Å². The first-order chi connectivity index (χ1) is 8.45. The Morgan fingerprint density at radius 3 is 2.44 bits per heavy atom. The Morgan fingerprint density at radius 1 is 1.28 bits per heavy atom. The molecule has 0 aliphatic rings. The van der Waals surface area contributed by atoms with E-state index in [1.54, 1.807) is 7.11 Å². The average molecular weight is 249 g/mol. The Morgan fingerprint density at radius 2 is 1.89 bits per heavy atom. The van der Waals surface area contributed by atoms with Crippen LogP contribution in [0.2, 0.25) is 0 Å². The SMILES string of the molecule is COc1cc(C)c(C)cc1C(=O)CCNC(C)C. The summed E-state index contributed by atoms with van der Waals surface area (Å²) in [6.07, 6.45) is 0.497. The number of hydrogen-bond donors (Lipinski definition) is 1. The third kappa shape index (κ3) is 3.84. The molecule has 0 aliphatic heterocycles. The molecule has 0 radical (unpaired) electrons. The Kier molecular flexibility index (Phi) is 5.35. The van der Waals surface area contributed by atoms with E-state index in [1.165, 1.54) is 0 Å². The van der Waals surface area contributed by atoms with E-state index in [-0.39, 0.29) is 5.78 Å². The van der Waals surface area contributed by atoms with Gasteiger partial charge in [-0.15, -0.1) is 0 Å². The second-order valence-electron chi connectivity index (χ2n) is 4.92. The maximum Gasteiger partial charge on any atom is 0.167 e. The molecule has 0 fully saturated rings. The number of hydrogen-bond acceptors (Lipinski definition) is 3. The zero-order valence-electron chi connectivity index (χ0n) is 12.0. The van der Waals surface area contributed by atoms with Crippen molar-refractivity contribution in [1.82, 2.24) is 5.32 Å². The van der Waals surface area contributed by atoms with Crippen LogP contribution in [0.1, 0.15) is 41.8 Å². The number of nitrogens with one attached hydrogen (secondary N) is 1. The first-order valence-corrected chi connectivity index (χ1v) is 6.37. The molecule has 3 nitrogen and oxygen atoms in total. The molecule has 1 aromatic carbocycles. The van der Waals surface area contributed by atoms with E-state index in [0.717, 1.165) is 11.1 Å². The van der Waals surface area contributed by atoms with Crippen LogP contribution >= 0.6 is 0 Å². The summed E-state index contributed by atoms with van der Waals surface area (Å²) >= 11 is 0. The smallest absolute Gasteiger partial charge is 0.167 e. The second kappa shape index (κ2) is 6.55. The molecule has 3 heteroatoms. The maximum atomic E-state index is 12.1. The Labute approximate surface area is 110 Å². The monoisotopic (exact) mass is 249 g/mol. The molecular weight excluding hydrogens is 226 g/mol. The number of aryl methyl sites for hydroxylation is 2. The minimum atomic E-state index is 0.128. The van der Waals surface area contributed by atoms with Crippen LogP contribution in [0.25, 0.3) is 0 Å². The molecule has 0 aliphatic carbocycles. The van der Waals surface area contributed by atoms with Gasteiger partial charge in [0, 0.05) is 19.0 Å². The van der Waals surface area contributed by atoms with E-state index in [0.29, 0.717) is 30.3 Å². The van der Waals surface area contributed by atoms with Crippen molar-refractivity contribution in [3.8, 4) is 5.75 Å². The summed E-state index contributed by atoms with van der Waals surface area (Å²) in [4.78, 5) is 12.1. The van der Waals surface area contributed by atoms with Gasteiger partial charge in [-0.2, -0.15) is 0 Å². The molecule has 0 saturated carbocycles. The highest BCUT2D eigenvalue weighted by Crippen LogP contribution is 2.24. The highest BCUT2D eigenvalue weighted by molar-refractivity contribution is 5.99. The third-order valence-electron chi connectivity index (χ3n) is 3.02. The minimum Gasteiger partial charge on any atom is -0.496 e. The number of rotatable bonds is 6. The first kappa shape index (κ1) is 14.7. The standard InChI is InChI=1S/C15H23NO2/c1-10(2)16-7-6-14(17)13-8-11(3)12(4)9-15(13)18-5/h8-10,16H,6-7H2,1-5H3. The summed E-state index contributed by atoms with van der Waals surface area (Å²) in [5.74, 6) is 0.802. The molecule has 0 aromatic heterocycles. The quantitative estimate of drug-likeness (QED) is 0.788. The van der Waals surface area contributed by atoms with Crippen LogP contribution in [-0.4, -0.2) is 25.5 Å². The topological polar surface area (TPSA) is 38.3 Å². The highest BCUT2D eigenvalue weighted by atomic mass is 16.5. The molecule has 0 amide bonds. The van der Waals surface area contributed by atoms with Gasteiger partial charge < -0.3 is 10.1 Å². The summed E-state index contributed by atoms with van der Waals surface area (Å²) in [6.45, 7) is 8.87. The number of methoxy groups -OCH3 is 1. The largest absolute Gasteiger partial charge is 0.496 e. The molecule has 1 aromatic rings. The third-order valence-corrected chi connectivity index (χ3v) is 3.02. The van der Waals surface area contributed by atoms with Gasteiger partial charge in [0.15, 0.2) is 5.78 Å². The molecule has 0 unspecified atom stereocenters. The zero-order chi connectivity index (χ0) is 13.7. The molecule has 0 saturated heterocycles. The Hall–Kier alpha value is -1.35. The van der Waals surface area contributed by atoms with Crippen LogP contribution in [0.3, 0.4) is 0 Å². The Bertz CT molecular complexity index is 425. The van der Waals surface area contributed by atoms with E-state index >= 15 is 0 Å². The molecular formula is C15H23NO2. The summed E-state index contributed by atoms with van der Waals surface area (Å²) in [5.41, 5.74) is 2.95. The molecule has 0 spiro atoms. The predicted molar refractivity (Wildman–Crippen MR) is 74.6 cm³/mol. The molecule has 18 heavy (non-hydrogen) atoms. The fraction of sp³-hybridized carbons (Fsp3) is 0.533. The summed E-state index contributed by atoms with van der Waals surface area (Å²) in [6, 6.07) is 4.25. The van der Waals surface area contributed by atoms with Gasteiger partial charge in [0.1, 0.15) is 5.75 Å². The molecule has 0 heterocycles. The zero-order valence-corrected chi connectivity index (χ0v) is 12.0. The van der Waals surface area contributed by atoms with E-state index < -0.39 is 0 Å². The minimum absolute atomic E-state index is 0.128. The van der Waals surface area contributed by atoms with Crippen LogP contribution < -0.4 is 10.1 Å². The van der Waals surface area contributed by atoms with Crippen molar-refractivity contribution in [2.75, 3.05) is 13.7 Å². The van der Waals surface area contributed by atoms with Crippen LogP contribution in [0.4, 0.5) is 0 Å². The highest BCUT2D eigenvalue weighted by Gasteiger charge is 2.13. The lowest BCUT2D eigenvalue weighted by Gasteiger charge is -2.12. The van der Waals surface area contributed by atoms with Crippen LogP contribution in [0.15, 0.2) is 12.1 Å². The van der Waals surface area contributed by atoms with Crippen molar-refractivity contribution < 1.29 is 9.53 Å². The van der Waals surface area contributed by atoms with Crippen molar-refractivity contribution in [3.63, 3.8) is 0 Å². The second-order valence-corrected chi connectivity index (χ2v) is 4.92. The number of carbonyl (C=O) groups excluding carboxylic acids is 1. The number of Topliss-reactive ketones (excluding diaryl/α,β-unsaturated/α-hetero) is 1. The molecule has 1 N–H and O–H groups in total. The van der Waals surface area contributed by atoms with Gasteiger partial charge in [-0.1, -0.05) is 13.8 Å². The Balaban J connectivity index is 2.81. The average Bonchev–Trinajstić information content (AvgIpc) is 2.31. The van der Waals surface area contributed by atoms with Gasteiger partial charge in [0.2, 0.25) is 0 Å². The van der Waals surface area contributed by atoms with Gasteiger partial charge >= 0.3 is 0 Å². The van der Waals surface area contributed by atoms with Crippen molar-refractivity contribution in [1.29, 1.82) is 0 Å². The normalized spacial score (nSPS) is 10.8. The number of ketones is 1. The van der Waals surface area contributed by atoms with Gasteiger partial charge in [-0.3, -0.25) is 4.79 Å². The lowest BCUT2D eigenvalue weighted by atomic mass is 10.0. The van der Waals surface area contributed by atoms with E-state index in [4.69, 9.17) is 4.74 Å². The van der Waals surface area contributed by atoms with Gasteiger partial charge in [-0.25, -0.2) is 0 Å². The lowest BCUT2D eigenvalue weighted by Crippen LogP contribution is -2.25. The lowest BCUT2D eigenvalue weighted by molar-refractivity contribution is 0.0979. The van der Waals surface area contributed by atoms with Crippen molar-refractivity contribution in [2.45, 2.75) is 40.2 Å². The number of benzene rings is 1. The molecule has 1 rings (SSSR count). The maximum absolute atomic E-state index is 12.1. The van der Waals surface area contributed by atoms with Gasteiger partial charge in [0.05, 0.1) is 12.7 Å². The van der Waals surface area contributed by atoms with Crippen molar-refractivity contribution in [3.05, 3.63) is 28.8 Å². The van der Waals surface area contributed by atoms with Crippen LogP contribution in [0.5, 0.6) is 5.75 Å². The van der Waals surface area contributed by atoms with Crippen molar-refractivity contribution in [2.24, 2.45) is 0 Å². The van der Waals surface area contributed by atoms with E-state index in [1.807, 2.05) is 26.0 Å². The number of carbonyl (C=O) groups is 1. The van der Waals surface area contributed by atoms with Crippen LogP contribution in [-0.2, 0) is 0 Å². The van der Waals surface area contributed by atoms with Crippen LogP contribution in [0, 0.1) is 13.8 Å². The predicted octanol–water partition coefficient (Wildman–Crippen LogP) is 2.88. The molecule has 0 atom stereocenters. The molecule has 0 bridgehead atoms. The van der Waals surface area contributed by atoms with E-state index in [9.17, 15) is 4.79 Å². The molecule has 100 valence electrons. The van der Waals surface area contributed by atoms with Gasteiger partial charge in [0.25, 0.3) is 0 Å². The van der Waals surface area contributed by atoms with Crippen molar-refractivity contribution >= 4 is 5.78 Å². The summed E-state index contributed by atoms with van der Waals surface area (Å²) in [7, 11) is 1.60. The number of ether oxygens (including phenoxy) is 1.